The van der Waals surface area contributed by atoms with Crippen LogP contribution in [-0.4, -0.2) is 5.78 Å². The summed E-state index contributed by atoms with van der Waals surface area (Å²) in [6, 6.07) is 16.1. The van der Waals surface area contributed by atoms with Crippen LogP contribution in [0.3, 0.4) is 0 Å². The van der Waals surface area contributed by atoms with Crippen molar-refractivity contribution in [3.8, 4) is 0 Å². The van der Waals surface area contributed by atoms with E-state index >= 15 is 0 Å². The van der Waals surface area contributed by atoms with E-state index in [1.165, 1.54) is 18.4 Å². The fraction of sp³-hybridized carbons (Fsp3) is 0.278. The van der Waals surface area contributed by atoms with Crippen LogP contribution in [0.5, 0.6) is 0 Å². The molecule has 0 bridgehead atoms. The van der Waals surface area contributed by atoms with Crippen molar-refractivity contribution in [1.29, 1.82) is 0 Å². The van der Waals surface area contributed by atoms with Gasteiger partial charge in [0, 0.05) is 16.9 Å². The van der Waals surface area contributed by atoms with E-state index in [0.717, 1.165) is 23.4 Å². The Labute approximate surface area is 120 Å². The van der Waals surface area contributed by atoms with E-state index in [2.05, 4.69) is 36.5 Å². The Morgan fingerprint density at radius 2 is 1.80 bits per heavy atom. The van der Waals surface area contributed by atoms with Crippen LogP contribution in [0.15, 0.2) is 48.5 Å². The zero-order chi connectivity index (χ0) is 14.4. The van der Waals surface area contributed by atoms with Crippen LogP contribution in [0.1, 0.15) is 42.6 Å². The molecule has 2 aromatic carbocycles. The average molecular weight is 267 g/mol. The van der Waals surface area contributed by atoms with Crippen molar-refractivity contribution in [2.45, 2.75) is 33.1 Å². The minimum atomic E-state index is 0.0866. The molecule has 0 unspecified atom stereocenters. The number of unbranched alkanes of at least 4 members (excludes halogenated alkanes) is 1. The molecule has 1 N–H and O–H groups in total. The smallest absolute Gasteiger partial charge is 0.159 e. The van der Waals surface area contributed by atoms with Crippen LogP contribution in [0.2, 0.25) is 0 Å². The zero-order valence-electron chi connectivity index (χ0n) is 12.1. The maximum atomic E-state index is 11.4. The molecular formula is C18H21NO. The summed E-state index contributed by atoms with van der Waals surface area (Å²) in [7, 11) is 0. The molecule has 0 heterocycles. The number of carbonyl (C=O) groups excluding carboxylic acids is 1. The van der Waals surface area contributed by atoms with Crippen molar-refractivity contribution in [3.05, 3.63) is 59.7 Å². The van der Waals surface area contributed by atoms with Gasteiger partial charge in [-0.05, 0) is 49.6 Å². The molecular weight excluding hydrogens is 246 g/mol. The minimum Gasteiger partial charge on any atom is -0.356 e. The normalized spacial score (nSPS) is 10.3. The molecule has 0 saturated heterocycles. The molecule has 0 aliphatic carbocycles. The van der Waals surface area contributed by atoms with E-state index in [1.54, 1.807) is 6.92 Å². The van der Waals surface area contributed by atoms with Crippen LogP contribution in [0.4, 0.5) is 11.4 Å². The lowest BCUT2D eigenvalue weighted by Gasteiger charge is -2.08. The van der Waals surface area contributed by atoms with Crippen LogP contribution in [0.25, 0.3) is 0 Å². The fourth-order valence-electron chi connectivity index (χ4n) is 2.12. The number of hydrogen-bond acceptors (Lipinski definition) is 2. The molecule has 0 atom stereocenters. The van der Waals surface area contributed by atoms with Gasteiger partial charge in [0.2, 0.25) is 0 Å². The van der Waals surface area contributed by atoms with Gasteiger partial charge in [-0.15, -0.1) is 0 Å². The summed E-state index contributed by atoms with van der Waals surface area (Å²) in [5.74, 6) is 0.0866. The highest BCUT2D eigenvalue weighted by Crippen LogP contribution is 2.19. The molecule has 0 fully saturated rings. The third-order valence-corrected chi connectivity index (χ3v) is 3.33. The lowest BCUT2D eigenvalue weighted by Crippen LogP contribution is -1.95. The molecule has 20 heavy (non-hydrogen) atoms. The Bertz CT molecular complexity index is 572. The predicted octanol–water partition coefficient (Wildman–Crippen LogP) is 4.98. The molecule has 0 amide bonds. The second kappa shape index (κ2) is 6.90. The number of nitrogens with one attached hydrogen (secondary N) is 1. The van der Waals surface area contributed by atoms with Crippen molar-refractivity contribution in [2.24, 2.45) is 0 Å². The summed E-state index contributed by atoms with van der Waals surface area (Å²) in [5.41, 5.74) is 4.09. The fourth-order valence-corrected chi connectivity index (χ4v) is 2.12. The van der Waals surface area contributed by atoms with Crippen molar-refractivity contribution in [2.75, 3.05) is 5.32 Å². The van der Waals surface area contributed by atoms with Gasteiger partial charge in [-0.3, -0.25) is 4.79 Å². The van der Waals surface area contributed by atoms with Crippen molar-refractivity contribution in [1.82, 2.24) is 0 Å². The second-order valence-electron chi connectivity index (χ2n) is 5.06. The van der Waals surface area contributed by atoms with Gasteiger partial charge in [-0.1, -0.05) is 37.6 Å². The Balaban J connectivity index is 2.06. The first-order valence-electron chi connectivity index (χ1n) is 7.16. The van der Waals surface area contributed by atoms with Crippen molar-refractivity contribution >= 4 is 17.2 Å². The average Bonchev–Trinajstić information content (AvgIpc) is 2.47. The number of Topliss-reactive ketones (excluding diaryl/α,β-unsaturated/α-hetero) is 1. The van der Waals surface area contributed by atoms with Gasteiger partial charge in [0.15, 0.2) is 5.78 Å². The van der Waals surface area contributed by atoms with Crippen molar-refractivity contribution < 1.29 is 4.79 Å². The first-order valence-corrected chi connectivity index (χ1v) is 7.16. The summed E-state index contributed by atoms with van der Waals surface area (Å²) in [4.78, 5) is 11.4. The molecule has 2 nitrogen and oxygen atoms in total. The van der Waals surface area contributed by atoms with Crippen LogP contribution >= 0.6 is 0 Å². The number of aryl methyl sites for hydroxylation is 1. The summed E-state index contributed by atoms with van der Waals surface area (Å²) in [6.07, 6.45) is 3.59. The maximum Gasteiger partial charge on any atom is 0.159 e. The van der Waals surface area contributed by atoms with Gasteiger partial charge < -0.3 is 5.32 Å². The van der Waals surface area contributed by atoms with Crippen LogP contribution in [0, 0.1) is 0 Å². The molecule has 0 aromatic heterocycles. The van der Waals surface area contributed by atoms with E-state index < -0.39 is 0 Å². The first kappa shape index (κ1) is 14.3. The SMILES string of the molecule is CCCCc1ccc(Nc2cccc(C(C)=O)c2)cc1. The van der Waals surface area contributed by atoms with Gasteiger partial charge in [0.05, 0.1) is 0 Å². The third-order valence-electron chi connectivity index (χ3n) is 3.33. The molecule has 0 aliphatic heterocycles. The van der Waals surface area contributed by atoms with E-state index in [0.29, 0.717) is 0 Å². The van der Waals surface area contributed by atoms with Gasteiger partial charge >= 0.3 is 0 Å². The van der Waals surface area contributed by atoms with Gasteiger partial charge in [0.1, 0.15) is 0 Å². The van der Waals surface area contributed by atoms with E-state index in [9.17, 15) is 4.79 Å². The standard InChI is InChI=1S/C18H21NO/c1-3-4-6-15-9-11-17(12-10-15)19-18-8-5-7-16(13-18)14(2)20/h5,7-13,19H,3-4,6H2,1-2H3. The summed E-state index contributed by atoms with van der Waals surface area (Å²) in [6.45, 7) is 3.79. The number of rotatable bonds is 6. The number of benzene rings is 2. The monoisotopic (exact) mass is 267 g/mol. The maximum absolute atomic E-state index is 11.4. The highest BCUT2D eigenvalue weighted by atomic mass is 16.1. The van der Waals surface area contributed by atoms with Gasteiger partial charge in [-0.2, -0.15) is 0 Å². The molecule has 2 heteroatoms. The topological polar surface area (TPSA) is 29.1 Å². The third kappa shape index (κ3) is 3.95. The summed E-state index contributed by atoms with van der Waals surface area (Å²) >= 11 is 0. The van der Waals surface area contributed by atoms with Crippen molar-refractivity contribution in [3.63, 3.8) is 0 Å². The second-order valence-corrected chi connectivity index (χ2v) is 5.06. The number of hydrogen-bond donors (Lipinski definition) is 1. The summed E-state index contributed by atoms with van der Waals surface area (Å²) < 4.78 is 0. The summed E-state index contributed by atoms with van der Waals surface area (Å²) in [5, 5.41) is 3.33. The van der Waals surface area contributed by atoms with Crippen LogP contribution in [-0.2, 0) is 6.42 Å². The van der Waals surface area contributed by atoms with Gasteiger partial charge in [-0.25, -0.2) is 0 Å². The zero-order valence-corrected chi connectivity index (χ0v) is 12.1. The highest BCUT2D eigenvalue weighted by molar-refractivity contribution is 5.95. The Morgan fingerprint density at radius 1 is 1.05 bits per heavy atom. The molecule has 104 valence electrons. The molecule has 2 aromatic rings. The minimum absolute atomic E-state index is 0.0866. The quantitative estimate of drug-likeness (QED) is 0.748. The highest BCUT2D eigenvalue weighted by Gasteiger charge is 2.01. The Morgan fingerprint density at radius 3 is 2.45 bits per heavy atom. The molecule has 2 rings (SSSR count). The Hall–Kier alpha value is -2.09. The number of ketones is 1. The molecule has 0 radical (unpaired) electrons. The van der Waals surface area contributed by atoms with E-state index in [1.807, 2.05) is 24.3 Å². The largest absolute Gasteiger partial charge is 0.356 e. The van der Waals surface area contributed by atoms with E-state index in [4.69, 9.17) is 0 Å². The number of anilines is 2. The molecule has 0 saturated carbocycles. The number of carbonyl (C=O) groups is 1. The lowest BCUT2D eigenvalue weighted by molar-refractivity contribution is 0.101. The Kier molecular flexibility index (Phi) is 4.94. The first-order chi connectivity index (χ1) is 9.69. The van der Waals surface area contributed by atoms with E-state index in [-0.39, 0.29) is 5.78 Å². The van der Waals surface area contributed by atoms with Crippen LogP contribution < -0.4 is 5.32 Å². The van der Waals surface area contributed by atoms with Gasteiger partial charge in [0.25, 0.3) is 0 Å². The lowest BCUT2D eigenvalue weighted by atomic mass is 10.1. The molecule has 0 spiro atoms. The molecule has 0 aliphatic rings. The predicted molar refractivity (Wildman–Crippen MR) is 84.8 cm³/mol.